The van der Waals surface area contributed by atoms with Gasteiger partial charge in [0.15, 0.2) is 0 Å². The summed E-state index contributed by atoms with van der Waals surface area (Å²) in [5.74, 6) is 0.779. The average Bonchev–Trinajstić information content (AvgIpc) is 2.68. The zero-order valence-electron chi connectivity index (χ0n) is 6.20. The van der Waals surface area contributed by atoms with Crippen molar-refractivity contribution in [2.45, 2.75) is 18.4 Å². The average molecular weight is 149 g/mol. The second-order valence-electron chi connectivity index (χ2n) is 3.06. The van der Waals surface area contributed by atoms with Crippen LogP contribution >= 0.6 is 0 Å². The molecule has 3 N–H and O–H groups in total. The van der Waals surface area contributed by atoms with E-state index in [2.05, 4.69) is 0 Å². The number of phenols is 1. The molecular weight excluding hydrogens is 138 g/mol. The van der Waals surface area contributed by atoms with Gasteiger partial charge in [0.1, 0.15) is 5.75 Å². The van der Waals surface area contributed by atoms with E-state index in [-0.39, 0.29) is 6.04 Å². The van der Waals surface area contributed by atoms with Gasteiger partial charge in [-0.05, 0) is 18.1 Å². The molecule has 1 aliphatic rings. The first-order valence-electron chi connectivity index (χ1n) is 3.82. The molecule has 0 aromatic heterocycles. The summed E-state index contributed by atoms with van der Waals surface area (Å²) in [6.45, 7) is 0. The Morgan fingerprint density at radius 1 is 1.36 bits per heavy atom. The van der Waals surface area contributed by atoms with Gasteiger partial charge in [0.05, 0.1) is 0 Å². The Labute approximate surface area is 65.7 Å². The maximum absolute atomic E-state index is 9.38. The van der Waals surface area contributed by atoms with Gasteiger partial charge in [-0.25, -0.2) is 0 Å². The fraction of sp³-hybridized carbons (Fsp3) is 0.333. The monoisotopic (exact) mass is 149 g/mol. The molecule has 2 heteroatoms. The van der Waals surface area contributed by atoms with Gasteiger partial charge in [-0.1, -0.05) is 18.2 Å². The van der Waals surface area contributed by atoms with E-state index < -0.39 is 0 Å². The van der Waals surface area contributed by atoms with E-state index >= 15 is 0 Å². The van der Waals surface area contributed by atoms with Crippen LogP contribution in [0.2, 0.25) is 0 Å². The molecule has 1 aromatic carbocycles. The van der Waals surface area contributed by atoms with Crippen LogP contribution in [-0.2, 0) is 0 Å². The molecule has 1 aromatic rings. The Balaban J connectivity index is 2.31. The second kappa shape index (κ2) is 2.24. The van der Waals surface area contributed by atoms with Crippen molar-refractivity contribution in [1.29, 1.82) is 0 Å². The zero-order chi connectivity index (χ0) is 7.84. The molecule has 0 bridgehead atoms. The van der Waals surface area contributed by atoms with E-state index in [1.807, 2.05) is 18.2 Å². The van der Waals surface area contributed by atoms with Crippen LogP contribution in [0.4, 0.5) is 0 Å². The number of phenolic OH excluding ortho intramolecular Hbond substituents is 1. The molecular formula is C9H11NO. The van der Waals surface area contributed by atoms with Crippen molar-refractivity contribution in [3.63, 3.8) is 0 Å². The molecule has 0 heterocycles. The normalized spacial score (nSPS) is 28.5. The van der Waals surface area contributed by atoms with Crippen LogP contribution in [0, 0.1) is 0 Å². The predicted molar refractivity (Wildman–Crippen MR) is 43.4 cm³/mol. The standard InChI is InChI=1S/C9H11NO/c10-8-5-7(8)6-3-1-2-4-9(6)11/h1-4,7-8,11H,5,10H2. The minimum absolute atomic E-state index is 0.267. The maximum Gasteiger partial charge on any atom is 0.119 e. The largest absolute Gasteiger partial charge is 0.508 e. The highest BCUT2D eigenvalue weighted by Crippen LogP contribution is 2.42. The number of benzene rings is 1. The Morgan fingerprint density at radius 2 is 2.00 bits per heavy atom. The van der Waals surface area contributed by atoms with E-state index in [4.69, 9.17) is 5.73 Å². The summed E-state index contributed by atoms with van der Waals surface area (Å²) in [7, 11) is 0. The molecule has 0 saturated heterocycles. The molecule has 1 saturated carbocycles. The lowest BCUT2D eigenvalue weighted by atomic mass is 10.1. The summed E-state index contributed by atoms with van der Waals surface area (Å²) in [4.78, 5) is 0. The van der Waals surface area contributed by atoms with Gasteiger partial charge in [-0.2, -0.15) is 0 Å². The number of nitrogens with two attached hydrogens (primary N) is 1. The first-order chi connectivity index (χ1) is 5.29. The van der Waals surface area contributed by atoms with Crippen LogP contribution < -0.4 is 5.73 Å². The SMILES string of the molecule is NC1CC1c1ccccc1O. The Morgan fingerprint density at radius 3 is 2.55 bits per heavy atom. The third-order valence-electron chi connectivity index (χ3n) is 2.18. The topological polar surface area (TPSA) is 46.2 Å². The molecule has 0 radical (unpaired) electrons. The van der Waals surface area contributed by atoms with Crippen molar-refractivity contribution in [2.24, 2.45) is 5.73 Å². The molecule has 2 rings (SSSR count). The van der Waals surface area contributed by atoms with E-state index in [0.717, 1.165) is 12.0 Å². The zero-order valence-corrected chi connectivity index (χ0v) is 6.20. The van der Waals surface area contributed by atoms with E-state index in [1.54, 1.807) is 6.07 Å². The van der Waals surface area contributed by atoms with Gasteiger partial charge in [0, 0.05) is 12.0 Å². The Kier molecular flexibility index (Phi) is 1.36. The summed E-state index contributed by atoms with van der Waals surface area (Å²) in [5.41, 5.74) is 6.66. The van der Waals surface area contributed by atoms with Gasteiger partial charge >= 0.3 is 0 Å². The van der Waals surface area contributed by atoms with Gasteiger partial charge in [0.2, 0.25) is 0 Å². The lowest BCUT2D eigenvalue weighted by Gasteiger charge is -2.00. The first-order valence-corrected chi connectivity index (χ1v) is 3.82. The highest BCUT2D eigenvalue weighted by atomic mass is 16.3. The van der Waals surface area contributed by atoms with Crippen molar-refractivity contribution in [3.05, 3.63) is 29.8 Å². The molecule has 11 heavy (non-hydrogen) atoms. The highest BCUT2D eigenvalue weighted by molar-refractivity contribution is 5.39. The summed E-state index contributed by atoms with van der Waals surface area (Å²) in [6, 6.07) is 7.67. The predicted octanol–water partition coefficient (Wildman–Crippen LogP) is 1.21. The van der Waals surface area contributed by atoms with Crippen LogP contribution in [0.25, 0.3) is 0 Å². The molecule has 2 unspecified atom stereocenters. The summed E-state index contributed by atoms with van der Waals surface area (Å²) in [5, 5.41) is 9.38. The summed E-state index contributed by atoms with van der Waals surface area (Å²) < 4.78 is 0. The van der Waals surface area contributed by atoms with Gasteiger partial charge < -0.3 is 10.8 Å². The Bertz CT molecular complexity index is 272. The van der Waals surface area contributed by atoms with Crippen molar-refractivity contribution in [2.75, 3.05) is 0 Å². The van der Waals surface area contributed by atoms with Crippen LogP contribution in [-0.4, -0.2) is 11.1 Å². The quantitative estimate of drug-likeness (QED) is 0.630. The lowest BCUT2D eigenvalue weighted by molar-refractivity contribution is 0.468. The third kappa shape index (κ3) is 1.10. The van der Waals surface area contributed by atoms with Gasteiger partial charge in [-0.3, -0.25) is 0 Å². The molecule has 2 nitrogen and oxygen atoms in total. The van der Waals surface area contributed by atoms with E-state index in [9.17, 15) is 5.11 Å². The minimum Gasteiger partial charge on any atom is -0.508 e. The molecule has 1 fully saturated rings. The summed E-state index contributed by atoms with van der Waals surface area (Å²) >= 11 is 0. The molecule has 1 aliphatic carbocycles. The second-order valence-corrected chi connectivity index (χ2v) is 3.06. The molecule has 0 aliphatic heterocycles. The number of rotatable bonds is 1. The third-order valence-corrected chi connectivity index (χ3v) is 2.18. The van der Waals surface area contributed by atoms with E-state index in [0.29, 0.717) is 11.7 Å². The molecule has 2 atom stereocenters. The number of hydrogen-bond donors (Lipinski definition) is 2. The van der Waals surface area contributed by atoms with Crippen LogP contribution in [0.1, 0.15) is 17.9 Å². The minimum atomic E-state index is 0.267. The smallest absolute Gasteiger partial charge is 0.119 e. The highest BCUT2D eigenvalue weighted by Gasteiger charge is 2.36. The summed E-state index contributed by atoms with van der Waals surface area (Å²) in [6.07, 6.45) is 1.01. The van der Waals surface area contributed by atoms with Crippen molar-refractivity contribution >= 4 is 0 Å². The molecule has 0 amide bonds. The number of hydrogen-bond acceptors (Lipinski definition) is 2. The van der Waals surface area contributed by atoms with Crippen molar-refractivity contribution in [1.82, 2.24) is 0 Å². The van der Waals surface area contributed by atoms with Crippen molar-refractivity contribution in [3.8, 4) is 5.75 Å². The maximum atomic E-state index is 9.38. The first kappa shape index (κ1) is 6.68. The van der Waals surface area contributed by atoms with Gasteiger partial charge in [0.25, 0.3) is 0 Å². The molecule has 58 valence electrons. The fourth-order valence-corrected chi connectivity index (χ4v) is 1.37. The van der Waals surface area contributed by atoms with Gasteiger partial charge in [-0.15, -0.1) is 0 Å². The molecule has 0 spiro atoms. The number of para-hydroxylation sites is 1. The number of aromatic hydroxyl groups is 1. The lowest BCUT2D eigenvalue weighted by Crippen LogP contribution is -2.00. The van der Waals surface area contributed by atoms with Crippen LogP contribution in [0.15, 0.2) is 24.3 Å². The van der Waals surface area contributed by atoms with Crippen LogP contribution in [0.5, 0.6) is 5.75 Å². The Hall–Kier alpha value is -1.02. The van der Waals surface area contributed by atoms with Crippen LogP contribution in [0.3, 0.4) is 0 Å². The van der Waals surface area contributed by atoms with Crippen molar-refractivity contribution < 1.29 is 5.11 Å². The fourth-order valence-electron chi connectivity index (χ4n) is 1.37. The van der Waals surface area contributed by atoms with E-state index in [1.165, 1.54) is 0 Å².